The van der Waals surface area contributed by atoms with Gasteiger partial charge in [-0.1, -0.05) is 0 Å². The lowest BCUT2D eigenvalue weighted by Gasteiger charge is -2.44. The van der Waals surface area contributed by atoms with E-state index in [4.69, 9.17) is 23.7 Å². The van der Waals surface area contributed by atoms with Gasteiger partial charge >= 0.3 is 23.9 Å². The molecule has 0 unspecified atom stereocenters. The van der Waals surface area contributed by atoms with Crippen LogP contribution in [0.25, 0.3) is 0 Å². The molecule has 5 atom stereocenters. The van der Waals surface area contributed by atoms with Crippen molar-refractivity contribution in [3.8, 4) is 0 Å². The average Bonchev–Trinajstić information content (AvgIpc) is 2.70. The second-order valence-corrected chi connectivity index (χ2v) is 6.84. The molecule has 1 fully saturated rings. The molecule has 0 spiro atoms. The largest absolute Gasteiger partial charge is 0.463 e. The zero-order valence-electron chi connectivity index (χ0n) is 17.9. The Labute approximate surface area is 183 Å². The Morgan fingerprint density at radius 2 is 1.56 bits per heavy atom. The third kappa shape index (κ3) is 7.01. The molecular formula is C20H24N2O10. The summed E-state index contributed by atoms with van der Waals surface area (Å²) in [5.41, 5.74) is 0.168. The van der Waals surface area contributed by atoms with Crippen LogP contribution in [0, 0.1) is 0 Å². The number of hydrogen-bond donors (Lipinski definition) is 1. The van der Waals surface area contributed by atoms with E-state index in [0.29, 0.717) is 0 Å². The van der Waals surface area contributed by atoms with Crippen LogP contribution in [-0.4, -0.2) is 72.0 Å². The Kier molecular flexibility index (Phi) is 8.64. The molecule has 1 aromatic heterocycles. The normalized spacial score (nSPS) is 24.6. The number of nitrogens with one attached hydrogen (secondary N) is 1. The molecule has 12 nitrogen and oxygen atoms in total. The zero-order chi connectivity index (χ0) is 23.8. The highest BCUT2D eigenvalue weighted by molar-refractivity contribution is 5.94. The van der Waals surface area contributed by atoms with Gasteiger partial charge in [-0.2, -0.15) is 0 Å². The Balaban J connectivity index is 2.44. The Morgan fingerprint density at radius 1 is 0.938 bits per heavy atom. The third-order valence-corrected chi connectivity index (χ3v) is 4.20. The number of esters is 4. The summed E-state index contributed by atoms with van der Waals surface area (Å²) in [6.45, 7) is 4.11. The van der Waals surface area contributed by atoms with Gasteiger partial charge in [0, 0.05) is 40.1 Å². The molecule has 12 heteroatoms. The highest BCUT2D eigenvalue weighted by Gasteiger charge is 2.52. The Morgan fingerprint density at radius 3 is 2.09 bits per heavy atom. The molecule has 1 aromatic rings. The number of amides is 1. The highest BCUT2D eigenvalue weighted by Crippen LogP contribution is 2.28. The van der Waals surface area contributed by atoms with Gasteiger partial charge in [0.1, 0.15) is 18.8 Å². The number of rotatable bonds is 7. The first-order valence-corrected chi connectivity index (χ1v) is 9.59. The fourth-order valence-corrected chi connectivity index (χ4v) is 3.05. The predicted octanol–water partition coefficient (Wildman–Crippen LogP) is -0.105. The number of pyridine rings is 1. The molecule has 174 valence electrons. The molecule has 1 aliphatic heterocycles. The van der Waals surface area contributed by atoms with E-state index in [1.165, 1.54) is 24.5 Å². The van der Waals surface area contributed by atoms with E-state index in [1.807, 2.05) is 0 Å². The van der Waals surface area contributed by atoms with E-state index in [9.17, 15) is 24.0 Å². The van der Waals surface area contributed by atoms with Crippen molar-refractivity contribution in [2.24, 2.45) is 0 Å². The fraction of sp³-hybridized carbons (Fsp3) is 0.500. The first-order valence-electron chi connectivity index (χ1n) is 9.59. The van der Waals surface area contributed by atoms with Gasteiger partial charge < -0.3 is 29.0 Å². The van der Waals surface area contributed by atoms with Gasteiger partial charge in [-0.05, 0) is 12.1 Å². The summed E-state index contributed by atoms with van der Waals surface area (Å²) >= 11 is 0. The minimum Gasteiger partial charge on any atom is -0.463 e. The van der Waals surface area contributed by atoms with Crippen LogP contribution in [0.1, 0.15) is 38.1 Å². The maximum Gasteiger partial charge on any atom is 0.305 e. The van der Waals surface area contributed by atoms with Crippen molar-refractivity contribution < 1.29 is 47.7 Å². The van der Waals surface area contributed by atoms with Crippen molar-refractivity contribution in [3.05, 3.63) is 30.1 Å². The van der Waals surface area contributed by atoms with Crippen LogP contribution in [0.4, 0.5) is 0 Å². The van der Waals surface area contributed by atoms with E-state index in [1.54, 1.807) is 0 Å². The molecule has 2 heterocycles. The van der Waals surface area contributed by atoms with E-state index in [0.717, 1.165) is 27.7 Å². The van der Waals surface area contributed by atoms with Gasteiger partial charge in [-0.25, -0.2) is 0 Å². The summed E-state index contributed by atoms with van der Waals surface area (Å²) in [5, 5.41) is 2.58. The van der Waals surface area contributed by atoms with Crippen molar-refractivity contribution in [2.45, 2.75) is 58.3 Å². The second kappa shape index (κ2) is 11.2. The molecule has 1 N–H and O–H groups in total. The zero-order valence-corrected chi connectivity index (χ0v) is 17.9. The Hall–Kier alpha value is -3.54. The van der Waals surface area contributed by atoms with Crippen LogP contribution in [0.3, 0.4) is 0 Å². The monoisotopic (exact) mass is 452 g/mol. The predicted molar refractivity (Wildman–Crippen MR) is 104 cm³/mol. The molecule has 0 aromatic carbocycles. The summed E-state index contributed by atoms with van der Waals surface area (Å²) in [6, 6.07) is 1.75. The van der Waals surface area contributed by atoms with E-state index >= 15 is 0 Å². The number of hydrogen-bond acceptors (Lipinski definition) is 11. The van der Waals surface area contributed by atoms with E-state index in [-0.39, 0.29) is 5.56 Å². The van der Waals surface area contributed by atoms with E-state index < -0.39 is 67.0 Å². The van der Waals surface area contributed by atoms with Crippen LogP contribution in [0.15, 0.2) is 24.5 Å². The van der Waals surface area contributed by atoms with Crippen molar-refractivity contribution >= 4 is 29.8 Å². The van der Waals surface area contributed by atoms with Crippen LogP contribution in [0.2, 0.25) is 0 Å². The maximum atomic E-state index is 12.7. The average molecular weight is 452 g/mol. The quantitative estimate of drug-likeness (QED) is 0.435. The molecule has 32 heavy (non-hydrogen) atoms. The Bertz CT molecular complexity index is 859. The van der Waals surface area contributed by atoms with Crippen molar-refractivity contribution in [2.75, 3.05) is 6.61 Å². The molecule has 1 saturated heterocycles. The number of ether oxygens (including phenoxy) is 5. The minimum atomic E-state index is -1.45. The number of aromatic nitrogens is 1. The number of carbonyl (C=O) groups is 5. The summed E-state index contributed by atoms with van der Waals surface area (Å²) < 4.78 is 26.5. The van der Waals surface area contributed by atoms with Gasteiger partial charge in [0.25, 0.3) is 5.91 Å². The van der Waals surface area contributed by atoms with Crippen LogP contribution < -0.4 is 5.32 Å². The summed E-state index contributed by atoms with van der Waals surface area (Å²) in [5.74, 6) is -3.54. The maximum absolute atomic E-state index is 12.7. The van der Waals surface area contributed by atoms with Gasteiger partial charge in [0.15, 0.2) is 12.2 Å². The van der Waals surface area contributed by atoms with Gasteiger partial charge in [0.2, 0.25) is 6.29 Å². The molecule has 0 radical (unpaired) electrons. The highest BCUT2D eigenvalue weighted by atomic mass is 16.7. The standard InChI is InChI=1S/C20H24N2O10/c1-10(23)28-9-15-17(29-11(2)24)18(30-12(3)25)16(20(32-15)31-13(4)26)22-19(27)14-6-5-7-21-8-14/h5-8,15-18,20H,9H2,1-4H3,(H,22,27)/t15-,16+,17-,18-,20-/m1/s1. The molecule has 2 rings (SSSR count). The molecule has 0 saturated carbocycles. The fourth-order valence-electron chi connectivity index (χ4n) is 3.05. The summed E-state index contributed by atoms with van der Waals surface area (Å²) in [6.07, 6.45) is -2.47. The van der Waals surface area contributed by atoms with Crippen LogP contribution in [0.5, 0.6) is 0 Å². The number of nitrogens with zero attached hydrogens (tertiary/aromatic N) is 1. The van der Waals surface area contributed by atoms with Crippen LogP contribution >= 0.6 is 0 Å². The summed E-state index contributed by atoms with van der Waals surface area (Å²) in [7, 11) is 0. The van der Waals surface area contributed by atoms with Crippen LogP contribution in [-0.2, 0) is 42.9 Å². The lowest BCUT2D eigenvalue weighted by molar-refractivity contribution is -0.270. The SMILES string of the molecule is CC(=O)OC[C@H]1O[C@@H](OC(C)=O)[C@@H](NC(=O)c2cccnc2)[C@@H](OC(C)=O)[C@@H]1OC(C)=O. The lowest BCUT2D eigenvalue weighted by Crippen LogP contribution is -2.67. The molecule has 0 aliphatic carbocycles. The van der Waals surface area contributed by atoms with Gasteiger partial charge in [-0.15, -0.1) is 0 Å². The minimum absolute atomic E-state index is 0.168. The third-order valence-electron chi connectivity index (χ3n) is 4.20. The smallest absolute Gasteiger partial charge is 0.305 e. The molecule has 1 amide bonds. The number of carbonyl (C=O) groups excluding carboxylic acids is 5. The van der Waals surface area contributed by atoms with Gasteiger partial charge in [0.05, 0.1) is 5.56 Å². The molecule has 1 aliphatic rings. The molecule has 0 bridgehead atoms. The van der Waals surface area contributed by atoms with Gasteiger partial charge in [-0.3, -0.25) is 29.0 Å². The lowest BCUT2D eigenvalue weighted by atomic mass is 9.95. The second-order valence-electron chi connectivity index (χ2n) is 6.84. The first-order chi connectivity index (χ1) is 15.1. The van der Waals surface area contributed by atoms with Crippen molar-refractivity contribution in [1.82, 2.24) is 10.3 Å². The molecular weight excluding hydrogens is 428 g/mol. The first kappa shape index (κ1) is 24.7. The summed E-state index contributed by atoms with van der Waals surface area (Å²) in [4.78, 5) is 63.1. The van der Waals surface area contributed by atoms with Crippen molar-refractivity contribution in [3.63, 3.8) is 0 Å². The topological polar surface area (TPSA) is 156 Å². The van der Waals surface area contributed by atoms with Crippen molar-refractivity contribution in [1.29, 1.82) is 0 Å². The van der Waals surface area contributed by atoms with E-state index in [2.05, 4.69) is 10.3 Å².